The van der Waals surface area contributed by atoms with E-state index in [4.69, 9.17) is 9.47 Å². The highest BCUT2D eigenvalue weighted by atomic mass is 19.1. The maximum atomic E-state index is 15.5. The van der Waals surface area contributed by atoms with Gasteiger partial charge in [0.1, 0.15) is 12.2 Å². The van der Waals surface area contributed by atoms with Gasteiger partial charge in [-0.05, 0) is 26.3 Å². The maximum Gasteiger partial charge on any atom is 0.410 e. The van der Waals surface area contributed by atoms with E-state index in [2.05, 4.69) is 0 Å². The largest absolute Gasteiger partial charge is 0.479 e. The van der Waals surface area contributed by atoms with Gasteiger partial charge in [0.15, 0.2) is 0 Å². The second-order valence-electron chi connectivity index (χ2n) is 8.62. The summed E-state index contributed by atoms with van der Waals surface area (Å²) in [6, 6.07) is 8.97. The molecule has 158 valence electrons. The topological polar surface area (TPSA) is 96.4 Å². The Bertz CT molecular complexity index is 803. The summed E-state index contributed by atoms with van der Waals surface area (Å²) < 4.78 is 25.9. The maximum absolute atomic E-state index is 15.5. The molecule has 2 saturated heterocycles. The Balaban J connectivity index is 1.66. The number of likely N-dealkylation sites (tertiary alicyclic amines) is 2. The number of amides is 2. The molecule has 1 N–H and O–H groups in total. The molecule has 0 aliphatic carbocycles. The fourth-order valence-corrected chi connectivity index (χ4v) is 3.70. The van der Waals surface area contributed by atoms with Gasteiger partial charge >= 0.3 is 18.2 Å². The van der Waals surface area contributed by atoms with Gasteiger partial charge in [0.05, 0.1) is 12.0 Å². The van der Waals surface area contributed by atoms with Gasteiger partial charge < -0.3 is 24.4 Å². The normalized spacial score (nSPS) is 22.9. The first-order chi connectivity index (χ1) is 13.5. The molecule has 1 aromatic rings. The van der Waals surface area contributed by atoms with Crippen molar-refractivity contribution in [2.24, 2.45) is 5.41 Å². The van der Waals surface area contributed by atoms with Gasteiger partial charge in [0.2, 0.25) is 5.67 Å². The third-order valence-corrected chi connectivity index (χ3v) is 5.18. The smallest absolute Gasteiger partial charge is 0.410 e. The van der Waals surface area contributed by atoms with Crippen LogP contribution in [0.1, 0.15) is 26.3 Å². The number of nitrogens with zero attached hydrogens (tertiary/aromatic N) is 2. The minimum atomic E-state index is -2.67. The van der Waals surface area contributed by atoms with Crippen molar-refractivity contribution in [2.75, 3.05) is 26.2 Å². The summed E-state index contributed by atoms with van der Waals surface area (Å²) in [5.41, 5.74) is -4.01. The number of carbonyl (C=O) groups is 3. The van der Waals surface area contributed by atoms with Gasteiger partial charge in [-0.3, -0.25) is 0 Å². The summed E-state index contributed by atoms with van der Waals surface area (Å²) in [7, 11) is 0. The zero-order valence-electron chi connectivity index (χ0n) is 16.7. The fraction of sp³-hybridized carbons (Fsp3) is 0.550. The molecule has 2 fully saturated rings. The Kier molecular flexibility index (Phi) is 5.19. The predicted octanol–water partition coefficient (Wildman–Crippen LogP) is 2.67. The first-order valence-corrected chi connectivity index (χ1v) is 9.32. The standard InChI is InChI=1S/C20H25FN2O6/c1-18(2,3)29-17(27)22-10-19(11-22)12-23(13-20(19,21)15(24)25)16(26)28-9-14-7-5-4-6-8-14/h4-8H,9-13H2,1-3H3,(H,24,25)/t20-/m1/s1. The fourth-order valence-electron chi connectivity index (χ4n) is 3.70. The minimum absolute atomic E-state index is 0.000432. The molecule has 0 bridgehead atoms. The Labute approximate surface area is 168 Å². The Hall–Kier alpha value is -2.84. The van der Waals surface area contributed by atoms with E-state index in [1.54, 1.807) is 45.0 Å². The van der Waals surface area contributed by atoms with Crippen LogP contribution in [-0.4, -0.2) is 70.5 Å². The SMILES string of the molecule is CC(C)(C)OC(=O)N1CC2(CN(C(=O)OCc3ccccc3)C[C@@]2(F)C(=O)O)C1. The van der Waals surface area contributed by atoms with Crippen LogP contribution in [0, 0.1) is 5.41 Å². The van der Waals surface area contributed by atoms with E-state index < -0.39 is 41.4 Å². The molecule has 1 atom stereocenters. The van der Waals surface area contributed by atoms with Crippen molar-refractivity contribution < 1.29 is 33.4 Å². The van der Waals surface area contributed by atoms with Crippen LogP contribution in [-0.2, 0) is 20.9 Å². The third-order valence-electron chi connectivity index (χ3n) is 5.18. The lowest BCUT2D eigenvalue weighted by molar-refractivity contribution is -0.167. The molecule has 1 spiro atoms. The van der Waals surface area contributed by atoms with Gasteiger partial charge in [-0.25, -0.2) is 18.8 Å². The van der Waals surface area contributed by atoms with Crippen LogP contribution in [0.3, 0.4) is 0 Å². The summed E-state index contributed by atoms with van der Waals surface area (Å²) in [4.78, 5) is 38.6. The van der Waals surface area contributed by atoms with Crippen LogP contribution in [0.25, 0.3) is 0 Å². The summed E-state index contributed by atoms with van der Waals surface area (Å²) in [6.07, 6.45) is -1.43. The Morgan fingerprint density at radius 3 is 2.10 bits per heavy atom. The predicted molar refractivity (Wildman–Crippen MR) is 99.9 cm³/mol. The molecule has 1 aromatic carbocycles. The third kappa shape index (κ3) is 3.99. The molecule has 2 aliphatic rings. The molecule has 0 unspecified atom stereocenters. The molecule has 2 heterocycles. The van der Waals surface area contributed by atoms with Crippen LogP contribution in [0.4, 0.5) is 14.0 Å². The van der Waals surface area contributed by atoms with Crippen LogP contribution >= 0.6 is 0 Å². The highest BCUT2D eigenvalue weighted by molar-refractivity contribution is 5.83. The summed E-state index contributed by atoms with van der Waals surface area (Å²) in [6.45, 7) is 4.05. The summed E-state index contributed by atoms with van der Waals surface area (Å²) >= 11 is 0. The molecule has 0 aromatic heterocycles. The highest BCUT2D eigenvalue weighted by Gasteiger charge is 2.70. The number of alkyl halides is 1. The molecule has 8 nitrogen and oxygen atoms in total. The van der Waals surface area contributed by atoms with Crippen molar-refractivity contribution in [1.29, 1.82) is 0 Å². The number of hydrogen-bond donors (Lipinski definition) is 1. The number of halogens is 1. The molecule has 2 aliphatic heterocycles. The molecular weight excluding hydrogens is 383 g/mol. The van der Waals surface area contributed by atoms with Crippen LogP contribution < -0.4 is 0 Å². The van der Waals surface area contributed by atoms with Gasteiger partial charge in [-0.15, -0.1) is 0 Å². The number of carboxylic acid groups (broad SMARTS) is 1. The molecular formula is C20H25FN2O6. The lowest BCUT2D eigenvalue weighted by Crippen LogP contribution is -2.69. The molecule has 0 radical (unpaired) electrons. The van der Waals surface area contributed by atoms with Crippen LogP contribution in [0.5, 0.6) is 0 Å². The van der Waals surface area contributed by atoms with Crippen molar-refractivity contribution in [3.63, 3.8) is 0 Å². The zero-order valence-corrected chi connectivity index (χ0v) is 16.7. The van der Waals surface area contributed by atoms with E-state index in [1.165, 1.54) is 4.90 Å². The van der Waals surface area contributed by atoms with Crippen molar-refractivity contribution in [3.8, 4) is 0 Å². The van der Waals surface area contributed by atoms with E-state index in [1.807, 2.05) is 6.07 Å². The number of ether oxygens (including phenoxy) is 2. The van der Waals surface area contributed by atoms with Gasteiger partial charge in [-0.1, -0.05) is 30.3 Å². The summed E-state index contributed by atoms with van der Waals surface area (Å²) in [5.74, 6) is -1.65. The Morgan fingerprint density at radius 2 is 1.59 bits per heavy atom. The number of benzene rings is 1. The van der Waals surface area contributed by atoms with E-state index in [0.29, 0.717) is 0 Å². The monoisotopic (exact) mass is 408 g/mol. The minimum Gasteiger partial charge on any atom is -0.479 e. The van der Waals surface area contributed by atoms with Crippen molar-refractivity contribution >= 4 is 18.2 Å². The van der Waals surface area contributed by atoms with Gasteiger partial charge in [0, 0.05) is 19.6 Å². The zero-order chi connectivity index (χ0) is 21.4. The average molecular weight is 408 g/mol. The van der Waals surface area contributed by atoms with Crippen LogP contribution in [0.2, 0.25) is 0 Å². The second-order valence-corrected chi connectivity index (χ2v) is 8.62. The molecule has 3 rings (SSSR count). The Morgan fingerprint density at radius 1 is 1.03 bits per heavy atom. The molecule has 0 saturated carbocycles. The number of hydrogen-bond acceptors (Lipinski definition) is 5. The van der Waals surface area contributed by atoms with Gasteiger partial charge in [-0.2, -0.15) is 0 Å². The number of carbonyl (C=O) groups excluding carboxylic acids is 2. The quantitative estimate of drug-likeness (QED) is 0.826. The highest BCUT2D eigenvalue weighted by Crippen LogP contribution is 2.49. The van der Waals surface area contributed by atoms with E-state index in [0.717, 1.165) is 10.5 Å². The lowest BCUT2D eigenvalue weighted by Gasteiger charge is -2.50. The van der Waals surface area contributed by atoms with E-state index >= 15 is 4.39 Å². The first-order valence-electron chi connectivity index (χ1n) is 9.32. The molecule has 9 heteroatoms. The van der Waals surface area contributed by atoms with E-state index in [-0.39, 0.29) is 26.2 Å². The summed E-state index contributed by atoms with van der Waals surface area (Å²) in [5, 5.41) is 9.50. The number of carboxylic acids is 1. The van der Waals surface area contributed by atoms with Crippen molar-refractivity contribution in [1.82, 2.24) is 9.80 Å². The average Bonchev–Trinajstić information content (AvgIpc) is 2.93. The van der Waals surface area contributed by atoms with Crippen molar-refractivity contribution in [3.05, 3.63) is 35.9 Å². The van der Waals surface area contributed by atoms with Gasteiger partial charge in [0.25, 0.3) is 0 Å². The first kappa shape index (κ1) is 20.9. The molecule has 29 heavy (non-hydrogen) atoms. The van der Waals surface area contributed by atoms with Crippen LogP contribution in [0.15, 0.2) is 30.3 Å². The van der Waals surface area contributed by atoms with Crippen molar-refractivity contribution in [2.45, 2.75) is 38.6 Å². The lowest BCUT2D eigenvalue weighted by atomic mass is 9.69. The number of aliphatic carboxylic acids is 1. The van der Waals surface area contributed by atoms with E-state index in [9.17, 15) is 19.5 Å². The second kappa shape index (κ2) is 7.20. The number of rotatable bonds is 3. The molecule has 2 amide bonds.